The van der Waals surface area contributed by atoms with E-state index >= 15 is 0 Å². The lowest BCUT2D eigenvalue weighted by Crippen LogP contribution is -2.51. The lowest BCUT2D eigenvalue weighted by atomic mass is 10.0. The van der Waals surface area contributed by atoms with Crippen LogP contribution in [-0.4, -0.2) is 37.5 Å². The molecule has 0 bridgehead atoms. The summed E-state index contributed by atoms with van der Waals surface area (Å²) in [4.78, 5) is 12.6. The van der Waals surface area contributed by atoms with Crippen LogP contribution in [0, 0.1) is 0 Å². The molecular formula is C20H24N2O4S. The van der Waals surface area contributed by atoms with E-state index in [0.29, 0.717) is 25.3 Å². The SMILES string of the molecule is CS(=O)(=O)N1CCCCC1C(=O)NCc1cccc(Oc2ccccc2)c1. The van der Waals surface area contributed by atoms with Gasteiger partial charge in [0, 0.05) is 13.1 Å². The van der Waals surface area contributed by atoms with Crippen LogP contribution < -0.4 is 10.1 Å². The molecule has 1 saturated heterocycles. The van der Waals surface area contributed by atoms with Crippen molar-refractivity contribution >= 4 is 15.9 Å². The lowest BCUT2D eigenvalue weighted by molar-refractivity contribution is -0.125. The van der Waals surface area contributed by atoms with E-state index in [-0.39, 0.29) is 5.91 Å². The van der Waals surface area contributed by atoms with Gasteiger partial charge in [-0.3, -0.25) is 4.79 Å². The summed E-state index contributed by atoms with van der Waals surface area (Å²) in [5.74, 6) is 1.17. The van der Waals surface area contributed by atoms with Gasteiger partial charge in [-0.2, -0.15) is 4.31 Å². The van der Waals surface area contributed by atoms with E-state index in [2.05, 4.69) is 5.32 Å². The second-order valence-electron chi connectivity index (χ2n) is 6.67. The molecular weight excluding hydrogens is 364 g/mol. The largest absolute Gasteiger partial charge is 0.457 e. The van der Waals surface area contributed by atoms with Crippen molar-refractivity contribution in [1.82, 2.24) is 9.62 Å². The van der Waals surface area contributed by atoms with E-state index in [9.17, 15) is 13.2 Å². The van der Waals surface area contributed by atoms with Crippen LogP contribution in [0.4, 0.5) is 0 Å². The fourth-order valence-electron chi connectivity index (χ4n) is 3.21. The minimum atomic E-state index is -3.39. The maximum Gasteiger partial charge on any atom is 0.238 e. The second kappa shape index (κ2) is 8.54. The summed E-state index contributed by atoms with van der Waals surface area (Å²) in [6.45, 7) is 0.718. The molecule has 1 fully saturated rings. The van der Waals surface area contributed by atoms with Crippen molar-refractivity contribution in [3.8, 4) is 11.5 Å². The van der Waals surface area contributed by atoms with Gasteiger partial charge in [-0.25, -0.2) is 8.42 Å². The number of nitrogens with one attached hydrogen (secondary N) is 1. The van der Waals surface area contributed by atoms with Gasteiger partial charge >= 0.3 is 0 Å². The molecule has 1 atom stereocenters. The van der Waals surface area contributed by atoms with Gasteiger partial charge in [-0.05, 0) is 42.7 Å². The van der Waals surface area contributed by atoms with E-state index < -0.39 is 16.1 Å². The van der Waals surface area contributed by atoms with Crippen LogP contribution in [0.25, 0.3) is 0 Å². The maximum absolute atomic E-state index is 12.6. The molecule has 1 aliphatic heterocycles. The van der Waals surface area contributed by atoms with Crippen LogP contribution >= 0.6 is 0 Å². The van der Waals surface area contributed by atoms with Crippen LogP contribution in [-0.2, 0) is 21.4 Å². The Morgan fingerprint density at radius 3 is 2.59 bits per heavy atom. The van der Waals surface area contributed by atoms with Gasteiger partial charge in [0.25, 0.3) is 0 Å². The molecule has 2 aromatic carbocycles. The Bertz CT molecular complexity index is 884. The minimum Gasteiger partial charge on any atom is -0.457 e. The molecule has 1 heterocycles. The normalized spacial score (nSPS) is 18.0. The van der Waals surface area contributed by atoms with Crippen LogP contribution in [0.3, 0.4) is 0 Å². The van der Waals surface area contributed by atoms with Gasteiger partial charge in [-0.1, -0.05) is 36.8 Å². The highest BCUT2D eigenvalue weighted by Gasteiger charge is 2.34. The molecule has 0 spiro atoms. The average molecular weight is 388 g/mol. The van der Waals surface area contributed by atoms with Crippen molar-refractivity contribution in [1.29, 1.82) is 0 Å². The number of nitrogens with zero attached hydrogens (tertiary/aromatic N) is 1. The zero-order valence-corrected chi connectivity index (χ0v) is 16.1. The smallest absolute Gasteiger partial charge is 0.238 e. The van der Waals surface area contributed by atoms with Gasteiger partial charge in [0.05, 0.1) is 6.26 Å². The number of carbonyl (C=O) groups excluding carboxylic acids is 1. The van der Waals surface area contributed by atoms with E-state index in [1.54, 1.807) is 0 Å². The summed E-state index contributed by atoms with van der Waals surface area (Å²) in [6, 6.07) is 16.3. The number of benzene rings is 2. The fraction of sp³-hybridized carbons (Fsp3) is 0.350. The molecule has 1 unspecified atom stereocenters. The van der Waals surface area contributed by atoms with Gasteiger partial charge in [0.15, 0.2) is 0 Å². The fourth-order valence-corrected chi connectivity index (χ4v) is 4.34. The molecule has 0 aromatic heterocycles. The minimum absolute atomic E-state index is 0.255. The highest BCUT2D eigenvalue weighted by atomic mass is 32.2. The Morgan fingerprint density at radius 1 is 1.11 bits per heavy atom. The van der Waals surface area contributed by atoms with E-state index in [1.807, 2.05) is 54.6 Å². The predicted molar refractivity (Wildman–Crippen MR) is 104 cm³/mol. The molecule has 27 heavy (non-hydrogen) atoms. The zero-order chi connectivity index (χ0) is 19.3. The molecule has 7 heteroatoms. The van der Waals surface area contributed by atoms with Crippen molar-refractivity contribution in [2.75, 3.05) is 12.8 Å². The molecule has 0 saturated carbocycles. The Hall–Kier alpha value is -2.38. The van der Waals surface area contributed by atoms with Crippen LogP contribution in [0.2, 0.25) is 0 Å². The number of sulfonamides is 1. The average Bonchev–Trinajstić information content (AvgIpc) is 2.66. The molecule has 1 aliphatic rings. The first kappa shape index (κ1) is 19.4. The Morgan fingerprint density at radius 2 is 1.85 bits per heavy atom. The third-order valence-corrected chi connectivity index (χ3v) is 5.82. The Kier molecular flexibility index (Phi) is 6.13. The number of hydrogen-bond donors (Lipinski definition) is 1. The van der Waals surface area contributed by atoms with Crippen molar-refractivity contribution < 1.29 is 17.9 Å². The van der Waals surface area contributed by atoms with Crippen LogP contribution in [0.5, 0.6) is 11.5 Å². The van der Waals surface area contributed by atoms with E-state index in [1.165, 1.54) is 4.31 Å². The van der Waals surface area contributed by atoms with Crippen molar-refractivity contribution in [3.63, 3.8) is 0 Å². The molecule has 6 nitrogen and oxygen atoms in total. The topological polar surface area (TPSA) is 75.7 Å². The van der Waals surface area contributed by atoms with Crippen molar-refractivity contribution in [2.24, 2.45) is 0 Å². The van der Waals surface area contributed by atoms with Crippen molar-refractivity contribution in [2.45, 2.75) is 31.8 Å². The highest BCUT2D eigenvalue weighted by molar-refractivity contribution is 7.88. The van der Waals surface area contributed by atoms with Gasteiger partial charge in [0.1, 0.15) is 17.5 Å². The first-order valence-corrected chi connectivity index (χ1v) is 10.8. The molecule has 0 aliphatic carbocycles. The number of ether oxygens (including phenoxy) is 1. The van der Waals surface area contributed by atoms with Gasteiger partial charge in [-0.15, -0.1) is 0 Å². The summed E-state index contributed by atoms with van der Waals surface area (Å²) in [5.41, 5.74) is 0.887. The molecule has 144 valence electrons. The number of rotatable bonds is 6. The Balaban J connectivity index is 1.62. The first-order valence-electron chi connectivity index (χ1n) is 9.00. The van der Waals surface area contributed by atoms with E-state index in [4.69, 9.17) is 4.74 Å². The summed E-state index contributed by atoms with van der Waals surface area (Å²) >= 11 is 0. The van der Waals surface area contributed by atoms with Crippen LogP contribution in [0.1, 0.15) is 24.8 Å². The summed E-state index contributed by atoms with van der Waals surface area (Å²) in [7, 11) is -3.39. The monoisotopic (exact) mass is 388 g/mol. The third-order valence-electron chi connectivity index (χ3n) is 4.53. The number of para-hydroxylation sites is 1. The van der Waals surface area contributed by atoms with Crippen molar-refractivity contribution in [3.05, 3.63) is 60.2 Å². The molecule has 1 N–H and O–H groups in total. The van der Waals surface area contributed by atoms with Gasteiger partial charge in [0.2, 0.25) is 15.9 Å². The molecule has 0 radical (unpaired) electrons. The third kappa shape index (κ3) is 5.30. The lowest BCUT2D eigenvalue weighted by Gasteiger charge is -2.32. The second-order valence-corrected chi connectivity index (χ2v) is 8.60. The number of carbonyl (C=O) groups is 1. The Labute approximate surface area is 160 Å². The standard InChI is InChI=1S/C20H24N2O4S/c1-27(24,25)22-13-6-5-12-19(22)20(23)21-15-16-8-7-11-18(14-16)26-17-9-3-2-4-10-17/h2-4,7-11,14,19H,5-6,12-13,15H2,1H3,(H,21,23). The number of amides is 1. The summed E-state index contributed by atoms with van der Waals surface area (Å²) < 4.78 is 31.0. The predicted octanol–water partition coefficient (Wildman–Crippen LogP) is 2.91. The zero-order valence-electron chi connectivity index (χ0n) is 15.3. The maximum atomic E-state index is 12.6. The quantitative estimate of drug-likeness (QED) is 0.826. The molecule has 2 aromatic rings. The van der Waals surface area contributed by atoms with E-state index in [0.717, 1.165) is 30.4 Å². The summed E-state index contributed by atoms with van der Waals surface area (Å²) in [5, 5.41) is 2.86. The van der Waals surface area contributed by atoms with Gasteiger partial charge < -0.3 is 10.1 Å². The highest BCUT2D eigenvalue weighted by Crippen LogP contribution is 2.22. The molecule has 3 rings (SSSR count). The first-order chi connectivity index (χ1) is 12.9. The number of hydrogen-bond acceptors (Lipinski definition) is 4. The molecule has 1 amide bonds. The van der Waals surface area contributed by atoms with Crippen LogP contribution in [0.15, 0.2) is 54.6 Å². The summed E-state index contributed by atoms with van der Waals surface area (Å²) in [6.07, 6.45) is 3.35. The number of piperidine rings is 1.